The third kappa shape index (κ3) is 3.16. The maximum absolute atomic E-state index is 10.9. The maximum atomic E-state index is 10.9. The normalized spacial score (nSPS) is 14.9. The van der Waals surface area contributed by atoms with Gasteiger partial charge in [0.25, 0.3) is 11.8 Å². The van der Waals surface area contributed by atoms with Crippen molar-refractivity contribution in [2.75, 3.05) is 0 Å². The van der Waals surface area contributed by atoms with Gasteiger partial charge in [0.05, 0.1) is 0 Å². The van der Waals surface area contributed by atoms with Gasteiger partial charge in [0.15, 0.2) is 0 Å². The third-order valence-electron chi connectivity index (χ3n) is 1.49. The Kier molecular flexibility index (Phi) is 5.52. The molecule has 0 saturated carbocycles. The molecule has 0 N–H and O–H groups in total. The molecule has 14 heavy (non-hydrogen) atoms. The number of amides is 2. The van der Waals surface area contributed by atoms with E-state index in [9.17, 15) is 14.4 Å². The summed E-state index contributed by atoms with van der Waals surface area (Å²) in [7, 11) is 0. The van der Waals surface area contributed by atoms with Crippen molar-refractivity contribution in [3.8, 4) is 0 Å². The van der Waals surface area contributed by atoms with E-state index < -0.39 is 17.8 Å². The highest BCUT2D eigenvalue weighted by Gasteiger charge is 2.32. The minimum atomic E-state index is -0.571. The Bertz CT molecular complexity index is 221. The first-order chi connectivity index (χ1) is 6.65. The van der Waals surface area contributed by atoms with Gasteiger partial charge in [0, 0.05) is 19.3 Å². The van der Waals surface area contributed by atoms with Crippen LogP contribution in [-0.2, 0) is 19.2 Å². The van der Waals surface area contributed by atoms with Crippen molar-refractivity contribution in [3.05, 3.63) is 0 Å². The highest BCUT2D eigenvalue weighted by Crippen LogP contribution is 2.12. The Hall–Kier alpha value is -1.39. The maximum Gasteiger partial charge on any atom is 0.332 e. The van der Waals surface area contributed by atoms with Gasteiger partial charge in [-0.15, -0.1) is 5.06 Å². The zero-order valence-electron chi connectivity index (χ0n) is 8.70. The van der Waals surface area contributed by atoms with Crippen LogP contribution in [0.25, 0.3) is 0 Å². The number of hydroxylamine groups is 2. The number of hydrogen-bond donors (Lipinski definition) is 0. The van der Waals surface area contributed by atoms with E-state index in [1.807, 2.05) is 13.8 Å². The summed E-state index contributed by atoms with van der Waals surface area (Å²) in [6.07, 6.45) is 0.419. The van der Waals surface area contributed by atoms with Crippen molar-refractivity contribution in [2.45, 2.75) is 40.0 Å². The lowest BCUT2D eigenvalue weighted by Gasteiger charge is -2.10. The summed E-state index contributed by atoms with van der Waals surface area (Å²) in [5.74, 6) is -1.46. The zero-order chi connectivity index (χ0) is 11.1. The van der Waals surface area contributed by atoms with Gasteiger partial charge >= 0.3 is 5.97 Å². The molecule has 0 atom stereocenters. The lowest BCUT2D eigenvalue weighted by molar-refractivity contribution is -0.197. The van der Waals surface area contributed by atoms with Crippen molar-refractivity contribution >= 4 is 17.8 Å². The van der Waals surface area contributed by atoms with E-state index in [4.69, 9.17) is 0 Å². The average molecular weight is 201 g/mol. The fourth-order valence-corrected chi connectivity index (χ4v) is 0.824. The predicted molar refractivity (Wildman–Crippen MR) is 48.8 cm³/mol. The summed E-state index contributed by atoms with van der Waals surface area (Å²) in [4.78, 5) is 36.9. The second kappa shape index (κ2) is 6.12. The summed E-state index contributed by atoms with van der Waals surface area (Å²) in [5.41, 5.74) is 0. The van der Waals surface area contributed by atoms with E-state index in [1.54, 1.807) is 6.92 Å². The van der Waals surface area contributed by atoms with Crippen LogP contribution in [0.15, 0.2) is 0 Å². The molecule has 5 nitrogen and oxygen atoms in total. The summed E-state index contributed by atoms with van der Waals surface area (Å²) in [5, 5.41) is 0.547. The van der Waals surface area contributed by atoms with Crippen LogP contribution in [0.1, 0.15) is 40.0 Å². The summed E-state index contributed by atoms with van der Waals surface area (Å²) in [6, 6.07) is 0. The number of hydrogen-bond acceptors (Lipinski definition) is 4. The molecule has 0 aromatic carbocycles. The number of carbonyl (C=O) groups excluding carboxylic acids is 3. The molecule has 2 amide bonds. The van der Waals surface area contributed by atoms with E-state index >= 15 is 0 Å². The fraction of sp³-hybridized carbons (Fsp3) is 0.667. The Morgan fingerprint density at radius 2 is 1.71 bits per heavy atom. The molecule has 0 aliphatic carbocycles. The monoisotopic (exact) mass is 201 g/mol. The predicted octanol–water partition coefficient (Wildman–Crippen LogP) is 1.03. The van der Waals surface area contributed by atoms with Gasteiger partial charge in [-0.3, -0.25) is 9.59 Å². The Morgan fingerprint density at radius 1 is 1.29 bits per heavy atom. The number of imide groups is 1. The van der Waals surface area contributed by atoms with Gasteiger partial charge < -0.3 is 4.84 Å². The molecule has 0 spiro atoms. The number of nitrogens with zero attached hydrogens (tertiary/aromatic N) is 1. The van der Waals surface area contributed by atoms with Gasteiger partial charge in [0.2, 0.25) is 0 Å². The molecule has 1 heterocycles. The van der Waals surface area contributed by atoms with E-state index in [0.29, 0.717) is 5.06 Å². The van der Waals surface area contributed by atoms with Crippen LogP contribution in [0.5, 0.6) is 0 Å². The summed E-state index contributed by atoms with van der Waals surface area (Å²) >= 11 is 0. The van der Waals surface area contributed by atoms with Crippen LogP contribution in [0, 0.1) is 0 Å². The van der Waals surface area contributed by atoms with Crippen LogP contribution in [0.2, 0.25) is 0 Å². The highest BCUT2D eigenvalue weighted by atomic mass is 16.7. The van der Waals surface area contributed by atoms with Crippen LogP contribution < -0.4 is 0 Å². The molecule has 80 valence electrons. The molecule has 0 aromatic heterocycles. The average Bonchev–Trinajstić information content (AvgIpc) is 2.52. The van der Waals surface area contributed by atoms with E-state index in [-0.39, 0.29) is 19.3 Å². The first-order valence-electron chi connectivity index (χ1n) is 4.71. The SMILES string of the molecule is CC.CCC(=O)ON1C(=O)CCC1=O. The van der Waals surface area contributed by atoms with Crippen molar-refractivity contribution in [2.24, 2.45) is 0 Å². The van der Waals surface area contributed by atoms with Crippen LogP contribution in [0.3, 0.4) is 0 Å². The Labute approximate surface area is 83.0 Å². The van der Waals surface area contributed by atoms with E-state index in [1.165, 1.54) is 0 Å². The molecular formula is C9H15NO4. The zero-order valence-corrected chi connectivity index (χ0v) is 8.70. The van der Waals surface area contributed by atoms with E-state index in [2.05, 4.69) is 4.84 Å². The van der Waals surface area contributed by atoms with Crippen molar-refractivity contribution in [1.29, 1.82) is 0 Å². The van der Waals surface area contributed by atoms with Gasteiger partial charge in [-0.25, -0.2) is 4.79 Å². The lowest BCUT2D eigenvalue weighted by Crippen LogP contribution is -2.31. The molecule has 0 bridgehead atoms. The van der Waals surface area contributed by atoms with E-state index in [0.717, 1.165) is 0 Å². The summed E-state index contributed by atoms with van der Waals surface area (Å²) in [6.45, 7) is 5.59. The van der Waals surface area contributed by atoms with Crippen LogP contribution in [0.4, 0.5) is 0 Å². The van der Waals surface area contributed by atoms with Crippen LogP contribution >= 0.6 is 0 Å². The van der Waals surface area contributed by atoms with Crippen molar-refractivity contribution in [1.82, 2.24) is 5.06 Å². The van der Waals surface area contributed by atoms with Crippen molar-refractivity contribution in [3.63, 3.8) is 0 Å². The van der Waals surface area contributed by atoms with Crippen LogP contribution in [-0.4, -0.2) is 22.8 Å². The number of carbonyl (C=O) groups is 3. The minimum Gasteiger partial charge on any atom is -0.330 e. The Morgan fingerprint density at radius 3 is 2.07 bits per heavy atom. The second-order valence-electron chi connectivity index (χ2n) is 2.40. The molecule has 1 aliphatic rings. The molecule has 1 rings (SSSR count). The van der Waals surface area contributed by atoms with Gasteiger partial charge in [-0.05, 0) is 0 Å². The smallest absolute Gasteiger partial charge is 0.330 e. The first-order valence-corrected chi connectivity index (χ1v) is 4.71. The highest BCUT2D eigenvalue weighted by molar-refractivity contribution is 6.01. The molecule has 0 aromatic rings. The molecule has 1 aliphatic heterocycles. The molecule has 1 fully saturated rings. The topological polar surface area (TPSA) is 63.7 Å². The lowest BCUT2D eigenvalue weighted by atomic mass is 10.4. The molecule has 5 heteroatoms. The first kappa shape index (κ1) is 12.6. The molecule has 1 saturated heterocycles. The van der Waals surface area contributed by atoms with Gasteiger partial charge in [-0.1, -0.05) is 20.8 Å². The molecule has 0 radical (unpaired) electrons. The quantitative estimate of drug-likeness (QED) is 0.626. The Balaban J connectivity index is 0.000000791. The summed E-state index contributed by atoms with van der Waals surface area (Å²) < 4.78 is 0. The second-order valence-corrected chi connectivity index (χ2v) is 2.40. The molecular weight excluding hydrogens is 186 g/mol. The van der Waals surface area contributed by atoms with Gasteiger partial charge in [-0.2, -0.15) is 0 Å². The fourth-order valence-electron chi connectivity index (χ4n) is 0.824. The van der Waals surface area contributed by atoms with Crippen molar-refractivity contribution < 1.29 is 19.2 Å². The largest absolute Gasteiger partial charge is 0.332 e. The van der Waals surface area contributed by atoms with Gasteiger partial charge in [0.1, 0.15) is 0 Å². The minimum absolute atomic E-state index is 0.135. The standard InChI is InChI=1S/C7H9NO4.C2H6/c1-2-7(11)12-8-5(9)3-4-6(8)10;1-2/h2-4H2,1H3;1-2H3. The molecule has 0 unspecified atom stereocenters. The number of rotatable bonds is 2. The third-order valence-corrected chi connectivity index (χ3v) is 1.49.